The van der Waals surface area contributed by atoms with Crippen molar-refractivity contribution in [1.29, 1.82) is 0 Å². The maximum Gasteiger partial charge on any atom is 0.0541 e. The van der Waals surface area contributed by atoms with Crippen LogP contribution in [0.5, 0.6) is 0 Å². The lowest BCUT2D eigenvalue weighted by atomic mass is 10.1. The molecular formula is C15H24ClNS. The summed E-state index contributed by atoms with van der Waals surface area (Å²) >= 11 is 7.87. The molecule has 102 valence electrons. The fourth-order valence-corrected chi connectivity index (χ4v) is 3.09. The smallest absolute Gasteiger partial charge is 0.0541 e. The highest BCUT2D eigenvalue weighted by atomic mass is 35.5. The van der Waals surface area contributed by atoms with Crippen LogP contribution in [0.2, 0.25) is 5.02 Å². The van der Waals surface area contributed by atoms with E-state index in [4.69, 9.17) is 17.3 Å². The van der Waals surface area contributed by atoms with Crippen LogP contribution in [0.4, 0.5) is 0 Å². The molecule has 0 aromatic heterocycles. The van der Waals surface area contributed by atoms with Crippen molar-refractivity contribution < 1.29 is 0 Å². The van der Waals surface area contributed by atoms with Gasteiger partial charge in [-0.1, -0.05) is 62.8 Å². The number of halogens is 1. The SMILES string of the molecule is CCCCCCCC(N)CSc1ccccc1Cl. The van der Waals surface area contributed by atoms with E-state index in [1.54, 1.807) is 11.8 Å². The van der Waals surface area contributed by atoms with Crippen molar-refractivity contribution in [2.75, 3.05) is 5.75 Å². The second kappa shape index (κ2) is 9.71. The van der Waals surface area contributed by atoms with E-state index in [1.807, 2.05) is 18.2 Å². The highest BCUT2D eigenvalue weighted by molar-refractivity contribution is 7.99. The molecule has 1 aromatic carbocycles. The lowest BCUT2D eigenvalue weighted by Gasteiger charge is -2.11. The van der Waals surface area contributed by atoms with Crippen molar-refractivity contribution in [3.8, 4) is 0 Å². The molecule has 0 saturated heterocycles. The van der Waals surface area contributed by atoms with Crippen LogP contribution < -0.4 is 5.73 Å². The predicted molar refractivity (Wildman–Crippen MR) is 83.5 cm³/mol. The Morgan fingerprint density at radius 2 is 1.89 bits per heavy atom. The van der Waals surface area contributed by atoms with Crippen LogP contribution in [0.3, 0.4) is 0 Å². The van der Waals surface area contributed by atoms with E-state index in [2.05, 4.69) is 13.0 Å². The molecule has 0 saturated carbocycles. The van der Waals surface area contributed by atoms with Crippen molar-refractivity contribution in [3.05, 3.63) is 29.3 Å². The Hall–Kier alpha value is -0.180. The monoisotopic (exact) mass is 285 g/mol. The van der Waals surface area contributed by atoms with Gasteiger partial charge in [0.2, 0.25) is 0 Å². The number of hydrogen-bond donors (Lipinski definition) is 1. The summed E-state index contributed by atoms with van der Waals surface area (Å²) in [5.41, 5.74) is 6.12. The van der Waals surface area contributed by atoms with Gasteiger partial charge in [-0.25, -0.2) is 0 Å². The zero-order valence-electron chi connectivity index (χ0n) is 11.2. The van der Waals surface area contributed by atoms with Crippen LogP contribution in [-0.2, 0) is 0 Å². The highest BCUT2D eigenvalue weighted by Gasteiger charge is 2.05. The van der Waals surface area contributed by atoms with E-state index >= 15 is 0 Å². The van der Waals surface area contributed by atoms with Crippen molar-refractivity contribution >= 4 is 23.4 Å². The van der Waals surface area contributed by atoms with E-state index < -0.39 is 0 Å². The Morgan fingerprint density at radius 1 is 1.17 bits per heavy atom. The first kappa shape index (κ1) is 15.9. The summed E-state index contributed by atoms with van der Waals surface area (Å²) in [6.07, 6.45) is 7.70. The summed E-state index contributed by atoms with van der Waals surface area (Å²) in [5, 5.41) is 0.831. The van der Waals surface area contributed by atoms with Gasteiger partial charge < -0.3 is 5.73 Å². The average molecular weight is 286 g/mol. The molecule has 1 rings (SSSR count). The third kappa shape index (κ3) is 6.67. The van der Waals surface area contributed by atoms with E-state index in [0.717, 1.165) is 22.1 Å². The molecule has 2 N–H and O–H groups in total. The molecule has 1 atom stereocenters. The van der Waals surface area contributed by atoms with E-state index in [0.29, 0.717) is 0 Å². The van der Waals surface area contributed by atoms with Crippen molar-refractivity contribution in [3.63, 3.8) is 0 Å². The fraction of sp³-hybridized carbons (Fsp3) is 0.600. The Morgan fingerprint density at radius 3 is 2.61 bits per heavy atom. The van der Waals surface area contributed by atoms with Crippen LogP contribution in [0.15, 0.2) is 29.2 Å². The molecule has 1 aromatic rings. The number of thioether (sulfide) groups is 1. The zero-order valence-corrected chi connectivity index (χ0v) is 12.8. The largest absolute Gasteiger partial charge is 0.327 e. The summed E-state index contributed by atoms with van der Waals surface area (Å²) in [5.74, 6) is 0.956. The topological polar surface area (TPSA) is 26.0 Å². The first-order valence-electron chi connectivity index (χ1n) is 6.87. The summed E-state index contributed by atoms with van der Waals surface area (Å²) in [4.78, 5) is 1.14. The maximum absolute atomic E-state index is 6.12. The number of benzene rings is 1. The molecule has 18 heavy (non-hydrogen) atoms. The second-order valence-corrected chi connectivity index (χ2v) is 6.17. The number of unbranched alkanes of at least 4 members (excludes halogenated alkanes) is 4. The standard InChI is InChI=1S/C15H24ClNS/c1-2-3-4-5-6-9-13(17)12-18-15-11-8-7-10-14(15)16/h7-8,10-11,13H,2-6,9,12,17H2,1H3. The number of nitrogens with two attached hydrogens (primary N) is 1. The van der Waals surface area contributed by atoms with Crippen LogP contribution in [0, 0.1) is 0 Å². The van der Waals surface area contributed by atoms with Gasteiger partial charge in [0.1, 0.15) is 0 Å². The molecule has 0 aliphatic heterocycles. The summed E-state index contributed by atoms with van der Waals surface area (Å²) in [6, 6.07) is 8.25. The molecule has 0 spiro atoms. The lowest BCUT2D eigenvalue weighted by Crippen LogP contribution is -2.22. The van der Waals surface area contributed by atoms with Crippen LogP contribution in [0.1, 0.15) is 45.4 Å². The van der Waals surface area contributed by atoms with E-state index in [-0.39, 0.29) is 6.04 Å². The maximum atomic E-state index is 6.12. The van der Waals surface area contributed by atoms with Crippen LogP contribution in [0.25, 0.3) is 0 Å². The van der Waals surface area contributed by atoms with Gasteiger partial charge in [-0.3, -0.25) is 0 Å². The van der Waals surface area contributed by atoms with Crippen LogP contribution in [-0.4, -0.2) is 11.8 Å². The molecule has 0 fully saturated rings. The summed E-state index contributed by atoms with van der Waals surface area (Å²) in [6.45, 7) is 2.24. The van der Waals surface area contributed by atoms with E-state index in [1.165, 1.54) is 32.1 Å². The molecule has 0 bridgehead atoms. The van der Waals surface area contributed by atoms with Crippen LogP contribution >= 0.6 is 23.4 Å². The van der Waals surface area contributed by atoms with Crippen molar-refractivity contribution in [1.82, 2.24) is 0 Å². The van der Waals surface area contributed by atoms with Gasteiger partial charge in [-0.15, -0.1) is 11.8 Å². The third-order valence-electron chi connectivity index (χ3n) is 2.97. The van der Waals surface area contributed by atoms with E-state index in [9.17, 15) is 0 Å². The summed E-state index contributed by atoms with van der Waals surface area (Å²) < 4.78 is 0. The Kier molecular flexibility index (Phi) is 8.57. The van der Waals surface area contributed by atoms with Gasteiger partial charge in [-0.05, 0) is 18.6 Å². The fourth-order valence-electron chi connectivity index (χ4n) is 1.85. The van der Waals surface area contributed by atoms with Gasteiger partial charge >= 0.3 is 0 Å². The zero-order chi connectivity index (χ0) is 13.2. The molecule has 0 amide bonds. The van der Waals surface area contributed by atoms with Gasteiger partial charge in [0.15, 0.2) is 0 Å². The Balaban J connectivity index is 2.13. The molecule has 1 nitrogen and oxygen atoms in total. The normalized spacial score (nSPS) is 12.6. The molecule has 1 unspecified atom stereocenters. The minimum atomic E-state index is 0.285. The third-order valence-corrected chi connectivity index (χ3v) is 4.67. The van der Waals surface area contributed by atoms with Gasteiger partial charge in [0, 0.05) is 16.7 Å². The van der Waals surface area contributed by atoms with Crippen molar-refractivity contribution in [2.24, 2.45) is 5.73 Å². The second-order valence-electron chi connectivity index (χ2n) is 4.70. The summed E-state index contributed by atoms with van der Waals surface area (Å²) in [7, 11) is 0. The minimum absolute atomic E-state index is 0.285. The number of rotatable bonds is 9. The quantitative estimate of drug-likeness (QED) is 0.503. The van der Waals surface area contributed by atoms with Gasteiger partial charge in [0.05, 0.1) is 5.02 Å². The Bertz CT molecular complexity index is 330. The molecule has 3 heteroatoms. The predicted octanol–water partition coefficient (Wildman–Crippen LogP) is 5.12. The van der Waals surface area contributed by atoms with Gasteiger partial charge in [-0.2, -0.15) is 0 Å². The molecule has 0 aliphatic carbocycles. The van der Waals surface area contributed by atoms with Crippen molar-refractivity contribution in [2.45, 2.75) is 56.4 Å². The lowest BCUT2D eigenvalue weighted by molar-refractivity contribution is 0.567. The average Bonchev–Trinajstić information content (AvgIpc) is 2.37. The first-order chi connectivity index (χ1) is 8.74. The minimum Gasteiger partial charge on any atom is -0.327 e. The highest BCUT2D eigenvalue weighted by Crippen LogP contribution is 2.27. The van der Waals surface area contributed by atoms with Gasteiger partial charge in [0.25, 0.3) is 0 Å². The molecule has 0 aliphatic rings. The first-order valence-corrected chi connectivity index (χ1v) is 8.23. The number of hydrogen-bond acceptors (Lipinski definition) is 2. The molecule has 0 heterocycles. The molecule has 0 radical (unpaired) electrons. The Labute approximate surface area is 120 Å². The molecular weight excluding hydrogens is 262 g/mol.